The first-order valence-electron chi connectivity index (χ1n) is 16.7. The van der Waals surface area contributed by atoms with Crippen LogP contribution in [-0.2, 0) is 36.5 Å². The highest BCUT2D eigenvalue weighted by Gasteiger charge is 2.52. The fourth-order valence-electron chi connectivity index (χ4n) is 7.17. The van der Waals surface area contributed by atoms with Crippen molar-refractivity contribution in [3.05, 3.63) is 99.5 Å². The van der Waals surface area contributed by atoms with Gasteiger partial charge in [-0.15, -0.1) is 0 Å². The highest BCUT2D eigenvalue weighted by atomic mass is 79.9. The molecule has 0 bridgehead atoms. The zero-order valence-corrected chi connectivity index (χ0v) is 28.2. The van der Waals surface area contributed by atoms with E-state index in [2.05, 4.69) is 21.2 Å². The molecule has 0 radical (unpaired) electrons. The van der Waals surface area contributed by atoms with Crippen molar-refractivity contribution in [2.75, 3.05) is 11.4 Å². The van der Waals surface area contributed by atoms with Crippen LogP contribution in [0.1, 0.15) is 96.1 Å². The number of fused-ring (bicyclic) bond motifs is 1. The second-order valence-corrected chi connectivity index (χ2v) is 14.4. The van der Waals surface area contributed by atoms with Gasteiger partial charge in [-0.05, 0) is 67.5 Å². The Morgan fingerprint density at radius 2 is 1.46 bits per heavy atom. The summed E-state index contributed by atoms with van der Waals surface area (Å²) in [5, 5.41) is 14.8. The third-order valence-corrected chi connectivity index (χ3v) is 10.6. The molecule has 0 aromatic heterocycles. The summed E-state index contributed by atoms with van der Waals surface area (Å²) in [6, 6.07) is 21.1. The molecule has 2 saturated carbocycles. The summed E-state index contributed by atoms with van der Waals surface area (Å²) in [6.07, 6.45) is 7.03. The Hall–Kier alpha value is -3.45. The lowest BCUT2D eigenvalue weighted by Gasteiger charge is -2.46. The average Bonchev–Trinajstić information content (AvgIpc) is 3.31. The number of carbonyl (C=O) groups is 3. The van der Waals surface area contributed by atoms with Crippen molar-refractivity contribution in [3.8, 4) is 0 Å². The number of anilines is 1. The van der Waals surface area contributed by atoms with Crippen LogP contribution < -0.4 is 10.2 Å². The molecule has 2 aliphatic heterocycles. The number of rotatable bonds is 8. The Morgan fingerprint density at radius 3 is 2.12 bits per heavy atom. The third kappa shape index (κ3) is 6.59. The van der Waals surface area contributed by atoms with Crippen molar-refractivity contribution in [2.24, 2.45) is 5.92 Å². The second-order valence-electron chi connectivity index (χ2n) is 13.4. The van der Waals surface area contributed by atoms with Gasteiger partial charge in [-0.25, -0.2) is 0 Å². The molecule has 7 rings (SSSR count). The molecule has 1 unspecified atom stereocenters. The Kier molecular flexibility index (Phi) is 9.27. The van der Waals surface area contributed by atoms with Crippen LogP contribution in [0.2, 0.25) is 0 Å². The van der Waals surface area contributed by atoms with Gasteiger partial charge < -0.3 is 15.3 Å². The summed E-state index contributed by atoms with van der Waals surface area (Å²) in [7, 11) is 0. The van der Waals surface area contributed by atoms with Crippen LogP contribution in [0, 0.1) is 5.92 Å². The maximum atomic E-state index is 13.7. The fraction of sp³-hybridized carbons (Fsp3) is 0.432. The lowest BCUT2D eigenvalue weighted by molar-refractivity contribution is -0.663. The first kappa shape index (κ1) is 33.1. The van der Waals surface area contributed by atoms with E-state index < -0.39 is 35.3 Å². The highest BCUT2D eigenvalue weighted by Crippen LogP contribution is 2.46. The predicted molar refractivity (Wildman–Crippen MR) is 178 cm³/mol. The molecule has 10 nitrogen and oxygen atoms in total. The van der Waals surface area contributed by atoms with Crippen molar-refractivity contribution in [1.82, 2.24) is 5.32 Å². The zero-order valence-electron chi connectivity index (χ0n) is 26.6. The number of nitrogens with zero attached hydrogens (tertiary/aromatic N) is 1. The van der Waals surface area contributed by atoms with Crippen molar-refractivity contribution in [3.63, 3.8) is 0 Å². The highest BCUT2D eigenvalue weighted by molar-refractivity contribution is 9.10. The quantitative estimate of drug-likeness (QED) is 0.196. The molecular formula is C37H39BrN2O8. The summed E-state index contributed by atoms with van der Waals surface area (Å²) in [4.78, 5) is 64.7. The summed E-state index contributed by atoms with van der Waals surface area (Å²) >= 11 is 3.44. The number of hydrogen-bond acceptors (Lipinski definition) is 8. The molecule has 4 aliphatic rings. The molecule has 2 N–H and O–H groups in total. The van der Waals surface area contributed by atoms with Gasteiger partial charge in [0.2, 0.25) is 11.6 Å². The third-order valence-electron chi connectivity index (χ3n) is 10.1. The Balaban J connectivity index is 0.932. The van der Waals surface area contributed by atoms with Crippen molar-refractivity contribution >= 4 is 39.2 Å². The molecule has 1 atom stereocenters. The van der Waals surface area contributed by atoms with Crippen LogP contribution >= 0.6 is 15.9 Å². The van der Waals surface area contributed by atoms with E-state index in [1.54, 1.807) is 42.5 Å². The largest absolute Gasteiger partial charge is 0.375 e. The van der Waals surface area contributed by atoms with E-state index in [1.165, 1.54) is 4.90 Å². The first-order chi connectivity index (χ1) is 23.2. The summed E-state index contributed by atoms with van der Waals surface area (Å²) < 4.78 is 0.691. The van der Waals surface area contributed by atoms with Crippen LogP contribution in [0.25, 0.3) is 0 Å². The van der Waals surface area contributed by atoms with Gasteiger partial charge in [0.1, 0.15) is 0 Å². The van der Waals surface area contributed by atoms with Gasteiger partial charge in [0.05, 0.1) is 18.7 Å². The van der Waals surface area contributed by atoms with E-state index in [1.807, 2.05) is 30.3 Å². The number of carbonyl (C=O) groups excluding carboxylic acids is 3. The molecule has 252 valence electrons. The molecular weight excluding hydrogens is 680 g/mol. The number of amides is 2. The Labute approximate surface area is 287 Å². The van der Waals surface area contributed by atoms with Crippen molar-refractivity contribution in [1.29, 1.82) is 0 Å². The van der Waals surface area contributed by atoms with Gasteiger partial charge in [-0.2, -0.15) is 19.6 Å². The molecule has 1 saturated heterocycles. The van der Waals surface area contributed by atoms with Gasteiger partial charge >= 0.3 is 0 Å². The standard InChI is InChI=1S/C37H39BrN2O8/c38-29-13-14-31-30(21-29)37(44,34(43)40(31)24-26-7-3-1-4-8-26)22-32(41)27-9-11-28(12-10-27)33(42)39-23-25-15-19-36(20-16-25)47-45-35(46-48-36)17-5-2-6-18-35/h1,3-4,7-14,21,25,44H,2,5-6,15-20,22-24H2,(H,39,42). The molecule has 2 aliphatic carbocycles. The van der Waals surface area contributed by atoms with Gasteiger partial charge in [0, 0.05) is 53.4 Å². The van der Waals surface area contributed by atoms with Crippen LogP contribution in [0.5, 0.6) is 0 Å². The lowest BCUT2D eigenvalue weighted by Crippen LogP contribution is -2.53. The zero-order chi connectivity index (χ0) is 33.4. The first-order valence-corrected chi connectivity index (χ1v) is 17.5. The summed E-state index contributed by atoms with van der Waals surface area (Å²) in [6.45, 7) is 0.756. The van der Waals surface area contributed by atoms with Crippen LogP contribution in [0.4, 0.5) is 5.69 Å². The van der Waals surface area contributed by atoms with Crippen LogP contribution in [0.15, 0.2) is 77.3 Å². The molecule has 3 aromatic carbocycles. The Morgan fingerprint density at radius 1 is 0.833 bits per heavy atom. The minimum atomic E-state index is -2.02. The van der Waals surface area contributed by atoms with Crippen LogP contribution in [-0.4, -0.2) is 40.8 Å². The number of hydrogen-bond donors (Lipinski definition) is 2. The molecule has 11 heteroatoms. The minimum Gasteiger partial charge on any atom is -0.375 e. The molecule has 48 heavy (non-hydrogen) atoms. The number of halogens is 1. The fourth-order valence-corrected chi connectivity index (χ4v) is 7.54. The van der Waals surface area contributed by atoms with E-state index >= 15 is 0 Å². The topological polar surface area (TPSA) is 124 Å². The van der Waals surface area contributed by atoms with E-state index in [0.29, 0.717) is 46.2 Å². The lowest BCUT2D eigenvalue weighted by atomic mass is 9.85. The smallest absolute Gasteiger partial charge is 0.264 e. The number of nitrogens with one attached hydrogen (secondary N) is 1. The van der Waals surface area contributed by atoms with Gasteiger partial charge in [0.25, 0.3) is 11.8 Å². The van der Waals surface area contributed by atoms with E-state index in [0.717, 1.165) is 50.5 Å². The van der Waals surface area contributed by atoms with Crippen molar-refractivity contribution < 1.29 is 39.0 Å². The molecule has 3 aromatic rings. The van der Waals surface area contributed by atoms with Gasteiger partial charge in [-0.3, -0.25) is 14.4 Å². The summed E-state index contributed by atoms with van der Waals surface area (Å²) in [5.74, 6) is -2.64. The maximum absolute atomic E-state index is 13.7. The minimum absolute atomic E-state index is 0.243. The number of aliphatic hydroxyl groups is 1. The van der Waals surface area contributed by atoms with Crippen molar-refractivity contribution in [2.45, 2.75) is 87.9 Å². The van der Waals surface area contributed by atoms with Gasteiger partial charge in [0.15, 0.2) is 11.4 Å². The summed E-state index contributed by atoms with van der Waals surface area (Å²) in [5.41, 5.74) is 0.538. The van der Waals surface area contributed by atoms with E-state index in [9.17, 15) is 19.5 Å². The van der Waals surface area contributed by atoms with Crippen LogP contribution in [0.3, 0.4) is 0 Å². The number of ketones is 1. The SMILES string of the molecule is O=C(CC1(O)C(=O)N(Cc2ccccc2)c2ccc(Br)cc21)c1ccc(C(=O)NCC2CCC3(CC2)OOC2(CCCCC2)OO3)cc1. The van der Waals surface area contributed by atoms with E-state index in [4.69, 9.17) is 19.6 Å². The molecule has 2 heterocycles. The second kappa shape index (κ2) is 13.5. The monoisotopic (exact) mass is 718 g/mol. The van der Waals surface area contributed by atoms with E-state index in [-0.39, 0.29) is 18.4 Å². The normalized spacial score (nSPS) is 23.3. The number of Topliss-reactive ketones (excluding diaryl/α,β-unsaturated/α-hetero) is 1. The maximum Gasteiger partial charge on any atom is 0.264 e. The molecule has 2 spiro atoms. The molecule has 2 amide bonds. The molecule has 3 fully saturated rings. The van der Waals surface area contributed by atoms with Gasteiger partial charge in [-0.1, -0.05) is 64.8 Å². The average molecular weight is 720 g/mol. The Bertz CT molecular complexity index is 1660. The number of benzene rings is 3. The predicted octanol–water partition coefficient (Wildman–Crippen LogP) is 6.64.